The molecule has 0 spiro atoms. The lowest BCUT2D eigenvalue weighted by Crippen LogP contribution is -2.50. The molecule has 2 fully saturated rings. The van der Waals surface area contributed by atoms with Crippen molar-refractivity contribution in [3.05, 3.63) is 23.6 Å². The molecule has 1 amide bonds. The highest BCUT2D eigenvalue weighted by molar-refractivity contribution is 5.68. The average molecular weight is 366 g/mol. The van der Waals surface area contributed by atoms with Gasteiger partial charge in [-0.3, -0.25) is 0 Å². The van der Waals surface area contributed by atoms with E-state index in [1.165, 1.54) is 12.3 Å². The molecule has 2 heterocycles. The van der Waals surface area contributed by atoms with E-state index in [2.05, 4.69) is 10.3 Å². The van der Waals surface area contributed by atoms with Crippen LogP contribution < -0.4 is 10.1 Å². The number of pyridine rings is 1. The summed E-state index contributed by atoms with van der Waals surface area (Å²) in [5, 5.41) is 2.84. The number of halogens is 1. The maximum Gasteiger partial charge on any atom is 0.407 e. The number of nitrogens with zero attached hydrogens (tertiary/aromatic N) is 1. The standard InChI is InChI=1S/C19H27FN2O4/c1-19(2,3)26-18(23)22-14-9-15(10-14)25-17-16(8-13(20)11-21-17)12-4-6-24-7-5-12/h8,11-12,14-15H,4-7,9-10H2,1-3H3,(H,22,23)/t14-,15+. The van der Waals surface area contributed by atoms with Gasteiger partial charge in [-0.2, -0.15) is 0 Å². The van der Waals surface area contributed by atoms with E-state index in [1.54, 1.807) is 0 Å². The molecule has 0 unspecified atom stereocenters. The number of alkyl carbamates (subject to hydrolysis) is 1. The van der Waals surface area contributed by atoms with Crippen molar-refractivity contribution in [3.63, 3.8) is 0 Å². The van der Waals surface area contributed by atoms with Crippen LogP contribution in [0.1, 0.15) is 57.9 Å². The predicted molar refractivity (Wildman–Crippen MR) is 93.8 cm³/mol. The summed E-state index contributed by atoms with van der Waals surface area (Å²) in [7, 11) is 0. The van der Waals surface area contributed by atoms with E-state index in [0.717, 1.165) is 18.4 Å². The Balaban J connectivity index is 1.53. The second-order valence-electron chi connectivity index (χ2n) is 7.99. The first-order valence-corrected chi connectivity index (χ1v) is 9.19. The summed E-state index contributed by atoms with van der Waals surface area (Å²) in [6.07, 6.45) is 3.80. The minimum absolute atomic E-state index is 0.0295. The highest BCUT2D eigenvalue weighted by Crippen LogP contribution is 2.35. The lowest BCUT2D eigenvalue weighted by atomic mass is 9.89. The van der Waals surface area contributed by atoms with Crippen LogP contribution in [0.15, 0.2) is 12.3 Å². The largest absolute Gasteiger partial charge is 0.474 e. The number of aromatic nitrogens is 1. The number of carbonyl (C=O) groups excluding carboxylic acids is 1. The molecule has 1 saturated heterocycles. The van der Waals surface area contributed by atoms with Gasteiger partial charge in [0.05, 0.1) is 6.20 Å². The third-order valence-corrected chi connectivity index (χ3v) is 4.60. The smallest absolute Gasteiger partial charge is 0.407 e. The number of carbonyl (C=O) groups is 1. The van der Waals surface area contributed by atoms with Gasteiger partial charge >= 0.3 is 6.09 Å². The van der Waals surface area contributed by atoms with Gasteiger partial charge < -0.3 is 19.5 Å². The van der Waals surface area contributed by atoms with E-state index < -0.39 is 11.7 Å². The minimum atomic E-state index is -0.514. The lowest BCUT2D eigenvalue weighted by molar-refractivity contribution is 0.0348. The van der Waals surface area contributed by atoms with Gasteiger partial charge in [-0.05, 0) is 45.6 Å². The summed E-state index contributed by atoms with van der Waals surface area (Å²) in [6, 6.07) is 1.55. The molecular weight excluding hydrogens is 339 g/mol. The molecule has 0 bridgehead atoms. The lowest BCUT2D eigenvalue weighted by Gasteiger charge is -2.36. The summed E-state index contributed by atoms with van der Waals surface area (Å²) < 4.78 is 30.3. The molecule has 0 atom stereocenters. The Morgan fingerprint density at radius 1 is 1.31 bits per heavy atom. The van der Waals surface area contributed by atoms with Crippen molar-refractivity contribution in [2.45, 2.75) is 70.1 Å². The number of nitrogens with one attached hydrogen (secondary N) is 1. The summed E-state index contributed by atoms with van der Waals surface area (Å²) in [6.45, 7) is 6.84. The van der Waals surface area contributed by atoms with Crippen LogP contribution in [-0.2, 0) is 9.47 Å². The fourth-order valence-corrected chi connectivity index (χ4v) is 3.25. The summed E-state index contributed by atoms with van der Waals surface area (Å²) >= 11 is 0. The summed E-state index contributed by atoms with van der Waals surface area (Å²) in [4.78, 5) is 15.9. The number of hydrogen-bond acceptors (Lipinski definition) is 5. The third-order valence-electron chi connectivity index (χ3n) is 4.60. The van der Waals surface area contributed by atoms with Crippen molar-refractivity contribution >= 4 is 6.09 Å². The van der Waals surface area contributed by atoms with E-state index in [4.69, 9.17) is 14.2 Å². The van der Waals surface area contributed by atoms with Crippen LogP contribution in [0, 0.1) is 5.82 Å². The van der Waals surface area contributed by atoms with Crippen molar-refractivity contribution in [2.24, 2.45) is 0 Å². The fourth-order valence-electron chi connectivity index (χ4n) is 3.25. The quantitative estimate of drug-likeness (QED) is 0.882. The zero-order valence-corrected chi connectivity index (χ0v) is 15.6. The molecule has 26 heavy (non-hydrogen) atoms. The monoisotopic (exact) mass is 366 g/mol. The second-order valence-corrected chi connectivity index (χ2v) is 7.99. The molecule has 1 aliphatic carbocycles. The van der Waals surface area contributed by atoms with Crippen molar-refractivity contribution < 1.29 is 23.4 Å². The predicted octanol–water partition coefficient (Wildman–Crippen LogP) is 3.55. The highest BCUT2D eigenvalue weighted by atomic mass is 19.1. The molecule has 1 aromatic heterocycles. The molecule has 144 valence electrons. The van der Waals surface area contributed by atoms with Gasteiger partial charge in [-0.25, -0.2) is 14.2 Å². The Kier molecular flexibility index (Phi) is 5.65. The van der Waals surface area contributed by atoms with Crippen molar-refractivity contribution in [1.29, 1.82) is 0 Å². The average Bonchev–Trinajstić information content (AvgIpc) is 2.53. The Morgan fingerprint density at radius 2 is 2.00 bits per heavy atom. The number of ether oxygens (including phenoxy) is 3. The summed E-state index contributed by atoms with van der Waals surface area (Å²) in [5.41, 5.74) is 0.303. The van der Waals surface area contributed by atoms with Gasteiger partial charge in [-0.1, -0.05) is 0 Å². The Morgan fingerprint density at radius 3 is 2.65 bits per heavy atom. The van der Waals surface area contributed by atoms with Gasteiger partial charge in [0.15, 0.2) is 0 Å². The minimum Gasteiger partial charge on any atom is -0.474 e. The molecule has 1 aliphatic heterocycles. The zero-order chi connectivity index (χ0) is 18.7. The van der Waals surface area contributed by atoms with Crippen LogP contribution in [0.25, 0.3) is 0 Å². The molecule has 1 saturated carbocycles. The van der Waals surface area contributed by atoms with Crippen LogP contribution in [0.2, 0.25) is 0 Å². The van der Waals surface area contributed by atoms with Crippen molar-refractivity contribution in [3.8, 4) is 5.88 Å². The molecule has 2 aliphatic rings. The van der Waals surface area contributed by atoms with Crippen LogP contribution in [-0.4, -0.2) is 42.0 Å². The van der Waals surface area contributed by atoms with E-state index in [0.29, 0.717) is 31.9 Å². The van der Waals surface area contributed by atoms with Crippen LogP contribution in [0.4, 0.5) is 9.18 Å². The first kappa shape index (κ1) is 18.9. The Hall–Kier alpha value is -1.89. The molecule has 0 radical (unpaired) electrons. The molecule has 1 aromatic rings. The van der Waals surface area contributed by atoms with E-state index in [-0.39, 0.29) is 23.9 Å². The van der Waals surface area contributed by atoms with Crippen LogP contribution in [0.3, 0.4) is 0 Å². The fraction of sp³-hybridized carbons (Fsp3) is 0.684. The van der Waals surface area contributed by atoms with E-state index in [9.17, 15) is 9.18 Å². The van der Waals surface area contributed by atoms with Crippen LogP contribution >= 0.6 is 0 Å². The van der Waals surface area contributed by atoms with E-state index >= 15 is 0 Å². The number of amides is 1. The maximum atomic E-state index is 13.7. The molecule has 3 rings (SSSR count). The SMILES string of the molecule is CC(C)(C)OC(=O)N[C@H]1C[C@@H](Oc2ncc(F)cc2C2CCOCC2)C1. The van der Waals surface area contributed by atoms with Gasteiger partial charge in [-0.15, -0.1) is 0 Å². The van der Waals surface area contributed by atoms with Crippen LogP contribution in [0.5, 0.6) is 5.88 Å². The molecule has 1 N–H and O–H groups in total. The normalized spacial score (nSPS) is 23.8. The third kappa shape index (κ3) is 5.06. The zero-order valence-electron chi connectivity index (χ0n) is 15.6. The molecule has 7 heteroatoms. The molecule has 6 nitrogen and oxygen atoms in total. The van der Waals surface area contributed by atoms with Gasteiger partial charge in [0.2, 0.25) is 5.88 Å². The molecule has 0 aromatic carbocycles. The first-order valence-electron chi connectivity index (χ1n) is 9.19. The van der Waals surface area contributed by atoms with Crippen molar-refractivity contribution in [1.82, 2.24) is 10.3 Å². The van der Waals surface area contributed by atoms with E-state index in [1.807, 2.05) is 20.8 Å². The maximum absolute atomic E-state index is 13.7. The van der Waals surface area contributed by atoms with Gasteiger partial charge in [0.25, 0.3) is 0 Å². The topological polar surface area (TPSA) is 69.7 Å². The van der Waals surface area contributed by atoms with Crippen molar-refractivity contribution in [2.75, 3.05) is 13.2 Å². The van der Waals surface area contributed by atoms with Gasteiger partial charge in [0, 0.05) is 37.7 Å². The number of rotatable bonds is 4. The first-order chi connectivity index (χ1) is 12.3. The highest BCUT2D eigenvalue weighted by Gasteiger charge is 2.34. The Labute approximate surface area is 153 Å². The molecular formula is C19H27FN2O4. The summed E-state index contributed by atoms with van der Waals surface area (Å²) in [5.74, 6) is 0.355. The second kappa shape index (κ2) is 7.78. The Bertz CT molecular complexity index is 635. The number of hydrogen-bond donors (Lipinski definition) is 1. The van der Waals surface area contributed by atoms with Gasteiger partial charge in [0.1, 0.15) is 17.5 Å².